The summed E-state index contributed by atoms with van der Waals surface area (Å²) in [6.07, 6.45) is 5.21. The van der Waals surface area contributed by atoms with Gasteiger partial charge in [-0.3, -0.25) is 4.79 Å². The van der Waals surface area contributed by atoms with Crippen LogP contribution < -0.4 is 5.32 Å². The number of rotatable bonds is 4. The molecule has 2 saturated heterocycles. The average molecular weight is 348 g/mol. The molecule has 3 rings (SSSR count). The van der Waals surface area contributed by atoms with E-state index in [0.717, 1.165) is 43.1 Å². The fourth-order valence-electron chi connectivity index (χ4n) is 3.34. The second kappa shape index (κ2) is 7.88. The van der Waals surface area contributed by atoms with E-state index in [4.69, 9.17) is 0 Å². The Morgan fingerprint density at radius 2 is 2.25 bits per heavy atom. The Balaban J connectivity index is 1.57. The summed E-state index contributed by atoms with van der Waals surface area (Å²) in [5, 5.41) is 3.87. The molecule has 0 bridgehead atoms. The zero-order valence-electron chi connectivity index (χ0n) is 14.0. The van der Waals surface area contributed by atoms with Gasteiger partial charge in [0.1, 0.15) is 0 Å². The molecule has 0 unspecified atom stereocenters. The second-order valence-electron chi connectivity index (χ2n) is 6.18. The molecule has 0 radical (unpaired) electrons. The first-order chi connectivity index (χ1) is 11.7. The van der Waals surface area contributed by atoms with Gasteiger partial charge in [-0.05, 0) is 37.1 Å². The predicted molar refractivity (Wildman–Crippen MR) is 95.2 cm³/mol. The molecule has 1 aromatic heterocycles. The number of thioether (sulfide) groups is 1. The molecule has 0 aliphatic carbocycles. The van der Waals surface area contributed by atoms with Crippen LogP contribution in [0.4, 0.5) is 10.5 Å². The number of amides is 3. The van der Waals surface area contributed by atoms with Crippen molar-refractivity contribution in [3.05, 3.63) is 18.3 Å². The van der Waals surface area contributed by atoms with Crippen LogP contribution in [0.1, 0.15) is 32.6 Å². The summed E-state index contributed by atoms with van der Waals surface area (Å²) in [5.41, 5.74) is 0.708. The SMILES string of the molecule is CCSc1ccc(NC(=O)N2CCC[C@H](N3CCCC3=O)C2)cn1. The minimum atomic E-state index is -0.107. The Labute approximate surface area is 147 Å². The molecule has 3 amide bonds. The monoisotopic (exact) mass is 348 g/mol. The molecule has 1 atom stereocenters. The van der Waals surface area contributed by atoms with Crippen molar-refractivity contribution in [2.75, 3.05) is 30.7 Å². The van der Waals surface area contributed by atoms with Gasteiger partial charge in [-0.25, -0.2) is 9.78 Å². The third-order valence-corrected chi connectivity index (χ3v) is 5.34. The molecule has 2 aliphatic heterocycles. The Morgan fingerprint density at radius 1 is 1.38 bits per heavy atom. The molecule has 24 heavy (non-hydrogen) atoms. The van der Waals surface area contributed by atoms with Crippen LogP contribution in [0.5, 0.6) is 0 Å². The first-order valence-corrected chi connectivity index (χ1v) is 9.60. The van der Waals surface area contributed by atoms with Crippen molar-refractivity contribution in [3.8, 4) is 0 Å². The maximum Gasteiger partial charge on any atom is 0.321 e. The molecular weight excluding hydrogens is 324 g/mol. The zero-order valence-corrected chi connectivity index (χ0v) is 14.8. The van der Waals surface area contributed by atoms with E-state index in [0.29, 0.717) is 18.7 Å². The number of nitrogens with one attached hydrogen (secondary N) is 1. The minimum Gasteiger partial charge on any atom is -0.338 e. The lowest BCUT2D eigenvalue weighted by Gasteiger charge is -2.37. The molecule has 6 nitrogen and oxygen atoms in total. The van der Waals surface area contributed by atoms with E-state index in [1.165, 1.54) is 0 Å². The highest BCUT2D eigenvalue weighted by atomic mass is 32.2. The van der Waals surface area contributed by atoms with E-state index in [-0.39, 0.29) is 18.0 Å². The van der Waals surface area contributed by atoms with E-state index in [1.54, 1.807) is 18.0 Å². The topological polar surface area (TPSA) is 65.5 Å². The van der Waals surface area contributed by atoms with Gasteiger partial charge in [0.2, 0.25) is 5.91 Å². The number of hydrogen-bond donors (Lipinski definition) is 1. The van der Waals surface area contributed by atoms with Crippen molar-refractivity contribution in [2.24, 2.45) is 0 Å². The van der Waals surface area contributed by atoms with Crippen LogP contribution in [-0.4, -0.2) is 58.2 Å². The van der Waals surface area contributed by atoms with Gasteiger partial charge in [-0.1, -0.05) is 6.92 Å². The number of hydrogen-bond acceptors (Lipinski definition) is 4. The number of likely N-dealkylation sites (tertiary alicyclic amines) is 2. The van der Waals surface area contributed by atoms with Crippen LogP contribution in [0.25, 0.3) is 0 Å². The number of aromatic nitrogens is 1. The van der Waals surface area contributed by atoms with Crippen molar-refractivity contribution >= 4 is 29.4 Å². The highest BCUT2D eigenvalue weighted by Gasteiger charge is 2.32. The number of carbonyl (C=O) groups excluding carboxylic acids is 2. The lowest BCUT2D eigenvalue weighted by atomic mass is 10.0. The summed E-state index contributed by atoms with van der Waals surface area (Å²) in [4.78, 5) is 32.5. The van der Waals surface area contributed by atoms with Crippen molar-refractivity contribution in [2.45, 2.75) is 43.7 Å². The lowest BCUT2D eigenvalue weighted by molar-refractivity contribution is -0.130. The molecule has 1 aromatic rings. The fraction of sp³-hybridized carbons (Fsp3) is 0.588. The van der Waals surface area contributed by atoms with Crippen molar-refractivity contribution in [1.29, 1.82) is 0 Å². The Hall–Kier alpha value is -1.76. The maximum absolute atomic E-state index is 12.5. The van der Waals surface area contributed by atoms with Crippen LogP contribution in [0.15, 0.2) is 23.4 Å². The van der Waals surface area contributed by atoms with Gasteiger partial charge in [0.25, 0.3) is 0 Å². The summed E-state index contributed by atoms with van der Waals surface area (Å²) in [7, 11) is 0. The number of nitrogens with zero attached hydrogens (tertiary/aromatic N) is 3. The lowest BCUT2D eigenvalue weighted by Crippen LogP contribution is -2.51. The first-order valence-electron chi connectivity index (χ1n) is 8.61. The van der Waals surface area contributed by atoms with E-state index in [1.807, 2.05) is 21.9 Å². The van der Waals surface area contributed by atoms with Crippen LogP contribution in [0, 0.1) is 0 Å². The van der Waals surface area contributed by atoms with Gasteiger partial charge in [0.15, 0.2) is 0 Å². The number of anilines is 1. The van der Waals surface area contributed by atoms with Gasteiger partial charge in [-0.15, -0.1) is 11.8 Å². The average Bonchev–Trinajstić information content (AvgIpc) is 3.03. The van der Waals surface area contributed by atoms with Crippen molar-refractivity contribution in [3.63, 3.8) is 0 Å². The molecule has 7 heteroatoms. The van der Waals surface area contributed by atoms with E-state index in [2.05, 4.69) is 17.2 Å². The third kappa shape index (κ3) is 4.01. The largest absolute Gasteiger partial charge is 0.338 e. The summed E-state index contributed by atoms with van der Waals surface area (Å²) in [6.45, 7) is 4.27. The first kappa shape index (κ1) is 17.1. The van der Waals surface area contributed by atoms with E-state index in [9.17, 15) is 9.59 Å². The Kier molecular flexibility index (Phi) is 5.60. The summed E-state index contributed by atoms with van der Waals surface area (Å²) in [5.74, 6) is 1.21. The molecule has 3 heterocycles. The molecule has 1 N–H and O–H groups in total. The summed E-state index contributed by atoms with van der Waals surface area (Å²) < 4.78 is 0. The van der Waals surface area contributed by atoms with Crippen LogP contribution in [-0.2, 0) is 4.79 Å². The zero-order chi connectivity index (χ0) is 16.9. The van der Waals surface area contributed by atoms with Gasteiger partial charge >= 0.3 is 6.03 Å². The highest BCUT2D eigenvalue weighted by molar-refractivity contribution is 7.99. The molecular formula is C17H24N4O2S. The second-order valence-corrected chi connectivity index (χ2v) is 7.47. The minimum absolute atomic E-state index is 0.107. The number of carbonyl (C=O) groups is 2. The Bertz CT molecular complexity index is 593. The van der Waals surface area contributed by atoms with E-state index >= 15 is 0 Å². The van der Waals surface area contributed by atoms with Crippen molar-refractivity contribution < 1.29 is 9.59 Å². The van der Waals surface area contributed by atoms with Crippen molar-refractivity contribution in [1.82, 2.24) is 14.8 Å². The molecule has 0 saturated carbocycles. The Morgan fingerprint density at radius 3 is 2.92 bits per heavy atom. The molecule has 2 aliphatic rings. The van der Waals surface area contributed by atoms with Gasteiger partial charge in [0.05, 0.1) is 16.9 Å². The van der Waals surface area contributed by atoms with Gasteiger partial charge in [0, 0.05) is 32.1 Å². The van der Waals surface area contributed by atoms with Crippen LogP contribution >= 0.6 is 11.8 Å². The molecule has 0 spiro atoms. The van der Waals surface area contributed by atoms with Gasteiger partial charge < -0.3 is 15.1 Å². The fourth-order valence-corrected chi connectivity index (χ4v) is 3.93. The van der Waals surface area contributed by atoms with Gasteiger partial charge in [-0.2, -0.15) is 0 Å². The summed E-state index contributed by atoms with van der Waals surface area (Å²) >= 11 is 1.67. The van der Waals surface area contributed by atoms with Crippen LogP contribution in [0.2, 0.25) is 0 Å². The number of piperidine rings is 1. The quantitative estimate of drug-likeness (QED) is 0.850. The normalized spacial score (nSPS) is 21.2. The third-order valence-electron chi connectivity index (χ3n) is 4.51. The smallest absolute Gasteiger partial charge is 0.321 e. The summed E-state index contributed by atoms with van der Waals surface area (Å²) in [6, 6.07) is 3.87. The standard InChI is InChI=1S/C17H24N4O2S/c1-2-24-15-8-7-13(11-18-15)19-17(23)20-9-3-5-14(12-20)21-10-4-6-16(21)22/h7-8,11,14H,2-6,9-10,12H2,1H3,(H,19,23)/t14-/m0/s1. The maximum atomic E-state index is 12.5. The number of urea groups is 1. The highest BCUT2D eigenvalue weighted by Crippen LogP contribution is 2.22. The molecule has 0 aromatic carbocycles. The number of pyridine rings is 1. The van der Waals surface area contributed by atoms with Crippen LogP contribution in [0.3, 0.4) is 0 Å². The predicted octanol–water partition coefficient (Wildman–Crippen LogP) is 2.81. The molecule has 130 valence electrons. The van der Waals surface area contributed by atoms with E-state index < -0.39 is 0 Å². The molecule has 2 fully saturated rings.